The fourth-order valence-corrected chi connectivity index (χ4v) is 2.93. The zero-order valence-corrected chi connectivity index (χ0v) is 11.0. The highest BCUT2D eigenvalue weighted by Crippen LogP contribution is 2.22. The van der Waals surface area contributed by atoms with E-state index in [-0.39, 0.29) is 17.8 Å². The van der Waals surface area contributed by atoms with Gasteiger partial charge in [0.15, 0.2) is 0 Å². The fourth-order valence-electron chi connectivity index (χ4n) is 1.46. The van der Waals surface area contributed by atoms with Crippen LogP contribution in [0.2, 0.25) is 0 Å². The smallest absolute Gasteiger partial charge is 0.352 e. The summed E-state index contributed by atoms with van der Waals surface area (Å²) in [5, 5.41) is 9.01. The van der Waals surface area contributed by atoms with Crippen LogP contribution in [0.1, 0.15) is 15.4 Å². The van der Waals surface area contributed by atoms with E-state index < -0.39 is 5.97 Å². The lowest BCUT2D eigenvalue weighted by Crippen LogP contribution is -2.25. The Morgan fingerprint density at radius 1 is 1.35 bits per heavy atom. The summed E-state index contributed by atoms with van der Waals surface area (Å²) in [6.45, 7) is 0.275. The molecule has 1 N–H and O–H groups in total. The van der Waals surface area contributed by atoms with Gasteiger partial charge in [-0.2, -0.15) is 0 Å². The molecule has 0 amide bonds. The zero-order chi connectivity index (χ0) is 12.4. The Kier molecular flexibility index (Phi) is 3.44. The van der Waals surface area contributed by atoms with Gasteiger partial charge in [0.25, 0.3) is 5.56 Å². The molecule has 0 aliphatic heterocycles. The molecule has 17 heavy (non-hydrogen) atoms. The molecule has 0 bridgehead atoms. The number of hydrogen-bond acceptors (Lipinski definition) is 3. The Balaban J connectivity index is 2.44. The summed E-state index contributed by atoms with van der Waals surface area (Å²) in [7, 11) is 0. The van der Waals surface area contributed by atoms with Gasteiger partial charge in [-0.25, -0.2) is 4.79 Å². The van der Waals surface area contributed by atoms with Gasteiger partial charge in [0, 0.05) is 10.9 Å². The third-order valence-electron chi connectivity index (χ3n) is 2.21. The SMILES string of the molecule is O=C(O)c1cccc(=O)n1Cc1ccc(Br)s1. The van der Waals surface area contributed by atoms with Crippen LogP contribution in [-0.2, 0) is 6.54 Å². The van der Waals surface area contributed by atoms with Crippen LogP contribution in [0.15, 0.2) is 38.9 Å². The Morgan fingerprint density at radius 3 is 2.71 bits per heavy atom. The minimum atomic E-state index is -1.10. The second kappa shape index (κ2) is 4.85. The Hall–Kier alpha value is -1.40. The number of thiophene rings is 1. The monoisotopic (exact) mass is 313 g/mol. The summed E-state index contributed by atoms with van der Waals surface area (Å²) in [5.41, 5.74) is -0.309. The third-order valence-corrected chi connectivity index (χ3v) is 3.82. The normalized spacial score (nSPS) is 10.4. The molecule has 2 heterocycles. The van der Waals surface area contributed by atoms with Crippen LogP contribution in [0.3, 0.4) is 0 Å². The number of carboxylic acid groups (broad SMARTS) is 1. The minimum absolute atomic E-state index is 0.00187. The second-order valence-electron chi connectivity index (χ2n) is 3.35. The third kappa shape index (κ3) is 2.65. The van der Waals surface area contributed by atoms with Crippen molar-refractivity contribution in [2.75, 3.05) is 0 Å². The van der Waals surface area contributed by atoms with Crippen LogP contribution in [0.25, 0.3) is 0 Å². The largest absolute Gasteiger partial charge is 0.477 e. The van der Waals surface area contributed by atoms with Crippen LogP contribution in [0.5, 0.6) is 0 Å². The molecule has 88 valence electrons. The maximum atomic E-state index is 11.6. The predicted molar refractivity (Wildman–Crippen MR) is 68.8 cm³/mol. The molecule has 0 unspecified atom stereocenters. The summed E-state index contributed by atoms with van der Waals surface area (Å²) in [4.78, 5) is 23.6. The van der Waals surface area contributed by atoms with Gasteiger partial charge in [-0.3, -0.25) is 9.36 Å². The molecule has 0 aliphatic carbocycles. The average Bonchev–Trinajstić information content (AvgIpc) is 2.67. The number of halogens is 1. The predicted octanol–water partition coefficient (Wildman–Crippen LogP) is 2.42. The maximum absolute atomic E-state index is 11.6. The molecule has 2 rings (SSSR count). The van der Waals surface area contributed by atoms with E-state index in [9.17, 15) is 9.59 Å². The van der Waals surface area contributed by atoms with Crippen LogP contribution in [-0.4, -0.2) is 15.6 Å². The first-order chi connectivity index (χ1) is 8.08. The Bertz CT molecular complexity index is 617. The number of carboxylic acids is 1. The van der Waals surface area contributed by atoms with Gasteiger partial charge in [-0.05, 0) is 34.1 Å². The second-order valence-corrected chi connectivity index (χ2v) is 5.89. The van der Waals surface area contributed by atoms with E-state index in [2.05, 4.69) is 15.9 Å². The van der Waals surface area contributed by atoms with Gasteiger partial charge < -0.3 is 5.11 Å². The van der Waals surface area contributed by atoms with Gasteiger partial charge in [0.1, 0.15) is 5.69 Å². The molecule has 2 aromatic rings. The summed E-state index contributed by atoms with van der Waals surface area (Å²) in [5.74, 6) is -1.10. The number of aromatic nitrogens is 1. The molecule has 0 saturated heterocycles. The van der Waals surface area contributed by atoms with Crippen molar-refractivity contribution in [3.05, 3.63) is 55.0 Å². The summed E-state index contributed by atoms with van der Waals surface area (Å²) < 4.78 is 2.20. The molecular formula is C11H8BrNO3S. The molecule has 0 radical (unpaired) electrons. The molecule has 6 heteroatoms. The number of rotatable bonds is 3. The van der Waals surface area contributed by atoms with Crippen molar-refractivity contribution in [3.63, 3.8) is 0 Å². The van der Waals surface area contributed by atoms with Crippen LogP contribution >= 0.6 is 27.3 Å². The topological polar surface area (TPSA) is 59.3 Å². The molecule has 0 fully saturated rings. The lowest BCUT2D eigenvalue weighted by molar-refractivity contribution is 0.0684. The van der Waals surface area contributed by atoms with Crippen molar-refractivity contribution >= 4 is 33.2 Å². The molecular weight excluding hydrogens is 306 g/mol. The molecule has 0 atom stereocenters. The minimum Gasteiger partial charge on any atom is -0.477 e. The average molecular weight is 314 g/mol. The molecule has 0 saturated carbocycles. The van der Waals surface area contributed by atoms with Gasteiger partial charge in [0.05, 0.1) is 10.3 Å². The van der Waals surface area contributed by atoms with Crippen molar-refractivity contribution in [2.24, 2.45) is 0 Å². The first-order valence-electron chi connectivity index (χ1n) is 4.75. The van der Waals surface area contributed by atoms with Crippen molar-refractivity contribution in [1.82, 2.24) is 4.57 Å². The van der Waals surface area contributed by atoms with Gasteiger partial charge in [0.2, 0.25) is 0 Å². The highest BCUT2D eigenvalue weighted by atomic mass is 79.9. The summed E-state index contributed by atoms with van der Waals surface area (Å²) >= 11 is 4.80. The highest BCUT2D eigenvalue weighted by Gasteiger charge is 2.11. The van der Waals surface area contributed by atoms with Gasteiger partial charge in [-0.1, -0.05) is 6.07 Å². The van der Waals surface area contributed by atoms with Crippen LogP contribution in [0, 0.1) is 0 Å². The number of aromatic carboxylic acids is 1. The summed E-state index contributed by atoms with van der Waals surface area (Å²) in [6, 6.07) is 7.96. The molecule has 0 spiro atoms. The maximum Gasteiger partial charge on any atom is 0.352 e. The number of hydrogen-bond donors (Lipinski definition) is 1. The Labute approximate surface area is 109 Å². The van der Waals surface area contributed by atoms with Gasteiger partial charge >= 0.3 is 5.97 Å². The van der Waals surface area contributed by atoms with Crippen LogP contribution in [0.4, 0.5) is 0 Å². The number of pyridine rings is 1. The quantitative estimate of drug-likeness (QED) is 0.946. The Morgan fingerprint density at radius 2 is 2.12 bits per heavy atom. The van der Waals surface area contributed by atoms with Crippen molar-refractivity contribution in [3.8, 4) is 0 Å². The highest BCUT2D eigenvalue weighted by molar-refractivity contribution is 9.11. The first kappa shape index (κ1) is 12.1. The number of nitrogens with zero attached hydrogens (tertiary/aromatic N) is 1. The lowest BCUT2D eigenvalue weighted by atomic mass is 10.3. The van der Waals surface area contributed by atoms with E-state index in [0.717, 1.165) is 8.66 Å². The van der Waals surface area contributed by atoms with Crippen LogP contribution < -0.4 is 5.56 Å². The molecule has 0 aromatic carbocycles. The molecule has 4 nitrogen and oxygen atoms in total. The van der Waals surface area contributed by atoms with E-state index >= 15 is 0 Å². The van der Waals surface area contributed by atoms with E-state index in [0.29, 0.717) is 0 Å². The van der Waals surface area contributed by atoms with E-state index in [1.807, 2.05) is 12.1 Å². The van der Waals surface area contributed by atoms with Crippen molar-refractivity contribution in [1.29, 1.82) is 0 Å². The van der Waals surface area contributed by atoms with E-state index in [1.54, 1.807) is 0 Å². The molecule has 0 aliphatic rings. The van der Waals surface area contributed by atoms with Crippen molar-refractivity contribution in [2.45, 2.75) is 6.54 Å². The van der Waals surface area contributed by atoms with E-state index in [4.69, 9.17) is 5.11 Å². The lowest BCUT2D eigenvalue weighted by Gasteiger charge is -2.07. The number of carbonyl (C=O) groups is 1. The van der Waals surface area contributed by atoms with Gasteiger partial charge in [-0.15, -0.1) is 11.3 Å². The van der Waals surface area contributed by atoms with E-state index in [1.165, 1.54) is 34.1 Å². The summed E-state index contributed by atoms with van der Waals surface area (Å²) in [6.07, 6.45) is 0. The fraction of sp³-hybridized carbons (Fsp3) is 0.0909. The standard InChI is InChI=1S/C11H8BrNO3S/c12-9-5-4-7(17-9)6-13-8(11(15)16)2-1-3-10(13)14/h1-5H,6H2,(H,15,16). The van der Waals surface area contributed by atoms with Crippen molar-refractivity contribution < 1.29 is 9.90 Å². The zero-order valence-electron chi connectivity index (χ0n) is 8.59. The first-order valence-corrected chi connectivity index (χ1v) is 6.36. The molecule has 2 aromatic heterocycles.